The molecule has 4 aliphatic rings. The van der Waals surface area contributed by atoms with Gasteiger partial charge in [-0.2, -0.15) is 0 Å². The number of H-pyrrole nitrogens is 1. The molecule has 6 heterocycles. The highest BCUT2D eigenvalue weighted by Gasteiger charge is 2.50. The van der Waals surface area contributed by atoms with Crippen molar-refractivity contribution in [3.05, 3.63) is 65.5 Å². The number of carbonyl (C=O) groups excluding carboxylic acids is 1. The Hall–Kier alpha value is -3.79. The second-order valence-electron chi connectivity index (χ2n) is 13.9. The molecule has 4 fully saturated rings. The van der Waals surface area contributed by atoms with Crippen LogP contribution in [0.15, 0.2) is 48.8 Å². The fourth-order valence-electron chi connectivity index (χ4n) is 7.98. The largest absolute Gasteiger partial charge is 0.380 e. The monoisotopic (exact) mass is 605 g/mol. The highest BCUT2D eigenvalue weighted by molar-refractivity contribution is 5.97. The predicted molar refractivity (Wildman–Crippen MR) is 178 cm³/mol. The van der Waals surface area contributed by atoms with Gasteiger partial charge in [0.15, 0.2) is 5.65 Å². The number of fused-ring (bicyclic) bond motifs is 1. The molecule has 0 radical (unpaired) electrons. The first-order valence-electron chi connectivity index (χ1n) is 16.5. The van der Waals surface area contributed by atoms with Crippen molar-refractivity contribution in [2.75, 3.05) is 77.5 Å². The normalized spacial score (nSPS) is 20.9. The van der Waals surface area contributed by atoms with E-state index in [9.17, 15) is 4.79 Å². The molecule has 0 bridgehead atoms. The van der Waals surface area contributed by atoms with Crippen molar-refractivity contribution in [2.24, 2.45) is 5.41 Å². The molecule has 2 aromatic carbocycles. The van der Waals surface area contributed by atoms with Gasteiger partial charge < -0.3 is 24.4 Å². The third-order valence-electron chi connectivity index (χ3n) is 10.6. The van der Waals surface area contributed by atoms with Gasteiger partial charge in [0.05, 0.1) is 30.5 Å². The molecule has 234 valence electrons. The lowest BCUT2D eigenvalue weighted by molar-refractivity contribution is -0.176. The van der Waals surface area contributed by atoms with Gasteiger partial charge in [-0.25, -0.2) is 9.97 Å². The molecule has 4 aromatic rings. The van der Waals surface area contributed by atoms with E-state index < -0.39 is 0 Å². The minimum Gasteiger partial charge on any atom is -0.380 e. The van der Waals surface area contributed by atoms with E-state index >= 15 is 0 Å². The average molecular weight is 606 g/mol. The fourth-order valence-corrected chi connectivity index (χ4v) is 7.98. The van der Waals surface area contributed by atoms with Crippen LogP contribution in [-0.4, -0.2) is 114 Å². The molecule has 0 saturated carbocycles. The summed E-state index contributed by atoms with van der Waals surface area (Å²) in [7, 11) is 2.24. The maximum Gasteiger partial charge on any atom is 0.253 e. The molecule has 1 spiro atoms. The molecule has 45 heavy (non-hydrogen) atoms. The number of nitrogens with zero attached hydrogens (tertiary/aromatic N) is 6. The summed E-state index contributed by atoms with van der Waals surface area (Å²) in [5, 5.41) is 0. The molecule has 1 N–H and O–H groups in total. The van der Waals surface area contributed by atoms with Crippen molar-refractivity contribution >= 4 is 22.8 Å². The van der Waals surface area contributed by atoms with Crippen LogP contribution in [0.2, 0.25) is 0 Å². The molecule has 1 amide bonds. The van der Waals surface area contributed by atoms with Gasteiger partial charge in [0.2, 0.25) is 0 Å². The van der Waals surface area contributed by atoms with E-state index in [2.05, 4.69) is 52.7 Å². The minimum absolute atomic E-state index is 0.0911. The number of ether oxygens (including phenoxy) is 1. The number of rotatable bonds is 5. The standard InChI is InChI=1S/C36H43N7O2/c1-24-16-28(17-25(2)33(24)42-14-12-41(13-15-42)29-8-10-40(3)11-9-29)31-19-38-34-32(39-31)30(18-37-34)26-4-6-27(7-5-26)35(44)43-20-36(21-43)22-45-23-36/h4-7,16-19,29H,8-15,20-23H2,1-3H3,(H,37,38). The molecule has 0 atom stereocenters. The van der Waals surface area contributed by atoms with E-state index in [-0.39, 0.29) is 11.3 Å². The van der Waals surface area contributed by atoms with E-state index in [1.54, 1.807) is 0 Å². The van der Waals surface area contributed by atoms with Crippen LogP contribution in [0.25, 0.3) is 33.5 Å². The number of likely N-dealkylation sites (tertiary alicyclic amines) is 2. The Morgan fingerprint density at radius 3 is 2.27 bits per heavy atom. The first kappa shape index (κ1) is 28.7. The number of piperazine rings is 1. The van der Waals surface area contributed by atoms with Crippen LogP contribution >= 0.6 is 0 Å². The summed E-state index contributed by atoms with van der Waals surface area (Å²) in [5.74, 6) is 0.0911. The van der Waals surface area contributed by atoms with Crippen molar-refractivity contribution in [2.45, 2.75) is 32.7 Å². The number of aryl methyl sites for hydroxylation is 2. The van der Waals surface area contributed by atoms with Crippen LogP contribution in [0.1, 0.15) is 34.3 Å². The third kappa shape index (κ3) is 5.20. The smallest absolute Gasteiger partial charge is 0.253 e. The quantitative estimate of drug-likeness (QED) is 0.356. The van der Waals surface area contributed by atoms with Gasteiger partial charge in [-0.15, -0.1) is 0 Å². The maximum atomic E-state index is 13.0. The lowest BCUT2D eigenvalue weighted by Gasteiger charge is -2.54. The van der Waals surface area contributed by atoms with E-state index in [1.807, 2.05) is 41.6 Å². The molecule has 0 aliphatic carbocycles. The van der Waals surface area contributed by atoms with Crippen molar-refractivity contribution in [1.82, 2.24) is 29.7 Å². The van der Waals surface area contributed by atoms with Crippen LogP contribution in [0.5, 0.6) is 0 Å². The number of aromatic nitrogens is 3. The van der Waals surface area contributed by atoms with E-state index in [4.69, 9.17) is 14.7 Å². The Balaban J connectivity index is 0.984. The number of benzene rings is 2. The summed E-state index contributed by atoms with van der Waals surface area (Å²) in [6.45, 7) is 14.4. The van der Waals surface area contributed by atoms with E-state index in [0.717, 1.165) is 97.6 Å². The number of carbonyl (C=O) groups is 1. The van der Waals surface area contributed by atoms with Gasteiger partial charge in [-0.05, 0) is 87.8 Å². The van der Waals surface area contributed by atoms with Gasteiger partial charge in [-0.1, -0.05) is 12.1 Å². The molecule has 9 heteroatoms. The number of piperidine rings is 1. The van der Waals surface area contributed by atoms with Gasteiger partial charge in [0, 0.05) is 73.9 Å². The van der Waals surface area contributed by atoms with Crippen LogP contribution in [0, 0.1) is 19.3 Å². The lowest BCUT2D eigenvalue weighted by atomic mass is 9.78. The summed E-state index contributed by atoms with van der Waals surface area (Å²) in [6.07, 6.45) is 6.41. The zero-order valence-electron chi connectivity index (χ0n) is 26.7. The number of hydrogen-bond donors (Lipinski definition) is 1. The first-order valence-corrected chi connectivity index (χ1v) is 16.5. The molecule has 0 unspecified atom stereocenters. The summed E-state index contributed by atoms with van der Waals surface area (Å²) in [4.78, 5) is 35.8. The zero-order chi connectivity index (χ0) is 30.7. The first-order chi connectivity index (χ1) is 21.9. The van der Waals surface area contributed by atoms with Crippen molar-refractivity contribution in [1.29, 1.82) is 0 Å². The van der Waals surface area contributed by atoms with Gasteiger partial charge >= 0.3 is 0 Å². The topological polar surface area (TPSA) is 80.8 Å². The van der Waals surface area contributed by atoms with Crippen molar-refractivity contribution in [3.63, 3.8) is 0 Å². The third-order valence-corrected chi connectivity index (χ3v) is 10.6. The Kier molecular flexibility index (Phi) is 7.15. The summed E-state index contributed by atoms with van der Waals surface area (Å²) in [6, 6.07) is 13.2. The lowest BCUT2D eigenvalue weighted by Crippen LogP contribution is -2.67. The van der Waals surface area contributed by atoms with Crippen LogP contribution in [0.4, 0.5) is 5.69 Å². The number of amides is 1. The molecule has 9 nitrogen and oxygen atoms in total. The predicted octanol–water partition coefficient (Wildman–Crippen LogP) is 4.60. The number of anilines is 1. The second-order valence-corrected chi connectivity index (χ2v) is 13.9. The van der Waals surface area contributed by atoms with Crippen molar-refractivity contribution < 1.29 is 9.53 Å². The molecule has 8 rings (SSSR count). The fraction of sp³-hybridized carbons (Fsp3) is 0.472. The molecule has 4 saturated heterocycles. The SMILES string of the molecule is Cc1cc(-c2cnc3[nH]cc(-c4ccc(C(=O)N5CC6(COC6)C5)cc4)c3n2)cc(C)c1N1CCN(C2CCN(C)CC2)CC1. The molecule has 4 aliphatic heterocycles. The Morgan fingerprint density at radius 2 is 1.62 bits per heavy atom. The zero-order valence-corrected chi connectivity index (χ0v) is 26.7. The van der Waals surface area contributed by atoms with Gasteiger partial charge in [-0.3, -0.25) is 9.69 Å². The highest BCUT2D eigenvalue weighted by atomic mass is 16.5. The van der Waals surface area contributed by atoms with Crippen molar-refractivity contribution in [3.8, 4) is 22.4 Å². The maximum absolute atomic E-state index is 13.0. The van der Waals surface area contributed by atoms with Crippen LogP contribution in [-0.2, 0) is 4.74 Å². The summed E-state index contributed by atoms with van der Waals surface area (Å²) in [5.41, 5.74) is 10.4. The summed E-state index contributed by atoms with van der Waals surface area (Å²) >= 11 is 0. The second kappa shape index (κ2) is 11.2. The van der Waals surface area contributed by atoms with E-state index in [1.165, 1.54) is 42.7 Å². The number of aromatic amines is 1. The Labute approximate surface area is 265 Å². The average Bonchev–Trinajstić information content (AvgIpc) is 3.43. The van der Waals surface area contributed by atoms with Crippen LogP contribution < -0.4 is 4.90 Å². The number of nitrogens with one attached hydrogen (secondary N) is 1. The Morgan fingerprint density at radius 1 is 0.933 bits per heavy atom. The van der Waals surface area contributed by atoms with E-state index in [0.29, 0.717) is 0 Å². The van der Waals surface area contributed by atoms with Crippen LogP contribution in [0.3, 0.4) is 0 Å². The summed E-state index contributed by atoms with van der Waals surface area (Å²) < 4.78 is 5.35. The molecular weight excluding hydrogens is 562 g/mol. The number of hydrogen-bond acceptors (Lipinski definition) is 7. The Bertz CT molecular complexity index is 1700. The van der Waals surface area contributed by atoms with Gasteiger partial charge in [0.1, 0.15) is 5.52 Å². The molecular formula is C36H43N7O2. The molecule has 2 aromatic heterocycles. The minimum atomic E-state index is 0.0911. The van der Waals surface area contributed by atoms with Gasteiger partial charge in [0.25, 0.3) is 5.91 Å². The highest BCUT2D eigenvalue weighted by Crippen LogP contribution is 2.38.